The van der Waals surface area contributed by atoms with Gasteiger partial charge in [0.2, 0.25) is 0 Å². The van der Waals surface area contributed by atoms with Crippen molar-refractivity contribution < 1.29 is 0 Å². The molecule has 1 saturated carbocycles. The Bertz CT molecular complexity index is 462. The van der Waals surface area contributed by atoms with Crippen LogP contribution in [0.1, 0.15) is 38.5 Å². The first-order valence-corrected chi connectivity index (χ1v) is 7.46. The van der Waals surface area contributed by atoms with E-state index in [1.165, 1.54) is 37.7 Å². The number of hydrogen-bond donors (Lipinski definition) is 0. The molecule has 1 heteroatoms. The number of allylic oxidation sites excluding steroid dienone is 8. The molecule has 0 amide bonds. The molecule has 3 rings (SSSR count). The lowest BCUT2D eigenvalue weighted by atomic mass is 9.68. The lowest BCUT2D eigenvalue weighted by Gasteiger charge is -2.38. The van der Waals surface area contributed by atoms with Crippen molar-refractivity contribution in [2.75, 3.05) is 0 Å². The molecule has 2 unspecified atom stereocenters. The fourth-order valence-electron chi connectivity index (χ4n) is 3.18. The van der Waals surface area contributed by atoms with Crippen molar-refractivity contribution in [2.45, 2.75) is 38.5 Å². The summed E-state index contributed by atoms with van der Waals surface area (Å²) in [5.41, 5.74) is 3.15. The van der Waals surface area contributed by atoms with E-state index in [0.29, 0.717) is 0 Å². The van der Waals surface area contributed by atoms with Gasteiger partial charge in [0.1, 0.15) is 0 Å². The van der Waals surface area contributed by atoms with Gasteiger partial charge in [0.15, 0.2) is 0 Å². The number of hydrogen-bond acceptors (Lipinski definition) is 1. The van der Waals surface area contributed by atoms with Gasteiger partial charge in [-0.2, -0.15) is 0 Å². The minimum atomic E-state index is 0.911. The van der Waals surface area contributed by atoms with E-state index in [-0.39, 0.29) is 0 Å². The van der Waals surface area contributed by atoms with Gasteiger partial charge in [-0.1, -0.05) is 53.7 Å². The summed E-state index contributed by atoms with van der Waals surface area (Å²) in [5, 5.41) is 0. The summed E-state index contributed by atoms with van der Waals surface area (Å²) >= 11 is 5.19. The molecule has 0 aromatic heterocycles. The molecule has 1 fully saturated rings. The summed E-state index contributed by atoms with van der Waals surface area (Å²) in [6, 6.07) is 0. The van der Waals surface area contributed by atoms with Crippen LogP contribution >= 0.6 is 12.2 Å². The molecule has 0 bridgehead atoms. The second-order valence-electron chi connectivity index (χ2n) is 5.75. The van der Waals surface area contributed by atoms with Crippen LogP contribution in [0.5, 0.6) is 0 Å². The molecule has 0 aromatic rings. The normalized spacial score (nSPS) is 30.1. The summed E-state index contributed by atoms with van der Waals surface area (Å²) in [5.74, 6) is 1.84. The van der Waals surface area contributed by atoms with Gasteiger partial charge in [0.25, 0.3) is 0 Å². The highest BCUT2D eigenvalue weighted by atomic mass is 32.1. The third kappa shape index (κ3) is 2.72. The molecule has 2 atom stereocenters. The van der Waals surface area contributed by atoms with Crippen LogP contribution in [0, 0.1) is 11.8 Å². The van der Waals surface area contributed by atoms with Crippen molar-refractivity contribution >= 4 is 17.1 Å². The first-order valence-electron chi connectivity index (χ1n) is 7.06. The Kier molecular flexibility index (Phi) is 3.60. The smallest absolute Gasteiger partial charge is 0.0190 e. The summed E-state index contributed by atoms with van der Waals surface area (Å²) in [6.07, 6.45) is 21.1. The Labute approximate surface area is 115 Å². The monoisotopic (exact) mass is 256 g/mol. The van der Waals surface area contributed by atoms with E-state index in [9.17, 15) is 0 Å². The Morgan fingerprint density at radius 3 is 2.50 bits per heavy atom. The standard InChI is InChI=1S/C17H20S/c18-17-9-5-14(6-10-17)12-16-8-7-15(16)11-13-3-1-2-4-13/h1-3,5-6,9,15-16H,4,7-8,10-12H2. The first kappa shape index (κ1) is 12.1. The highest BCUT2D eigenvalue weighted by Crippen LogP contribution is 2.43. The predicted octanol–water partition coefficient (Wildman–Crippen LogP) is 4.94. The van der Waals surface area contributed by atoms with Gasteiger partial charge in [-0.3, -0.25) is 0 Å². The number of rotatable bonds is 4. The minimum Gasteiger partial charge on any atom is -0.0846 e. The average Bonchev–Trinajstić information content (AvgIpc) is 2.87. The van der Waals surface area contributed by atoms with Crippen molar-refractivity contribution in [3.05, 3.63) is 47.6 Å². The van der Waals surface area contributed by atoms with Crippen LogP contribution in [0.3, 0.4) is 0 Å². The van der Waals surface area contributed by atoms with Gasteiger partial charge in [0, 0.05) is 11.3 Å². The van der Waals surface area contributed by atoms with Crippen LogP contribution in [-0.2, 0) is 0 Å². The van der Waals surface area contributed by atoms with Crippen LogP contribution < -0.4 is 0 Å². The summed E-state index contributed by atoms with van der Waals surface area (Å²) in [6.45, 7) is 0. The molecule has 0 saturated heterocycles. The SMILES string of the molecule is S=C1C=CC(CC2CCC2CC2=CC=CC2)=CC1. The molecule has 18 heavy (non-hydrogen) atoms. The largest absolute Gasteiger partial charge is 0.0846 e. The van der Waals surface area contributed by atoms with E-state index >= 15 is 0 Å². The molecule has 0 nitrogen and oxygen atoms in total. The van der Waals surface area contributed by atoms with Gasteiger partial charge in [-0.25, -0.2) is 0 Å². The van der Waals surface area contributed by atoms with E-state index < -0.39 is 0 Å². The van der Waals surface area contributed by atoms with Crippen LogP contribution in [0.15, 0.2) is 47.6 Å². The summed E-state index contributed by atoms with van der Waals surface area (Å²) in [4.78, 5) is 1.08. The highest BCUT2D eigenvalue weighted by molar-refractivity contribution is 7.80. The Balaban J connectivity index is 1.51. The van der Waals surface area contributed by atoms with Gasteiger partial charge >= 0.3 is 0 Å². The zero-order valence-corrected chi connectivity index (χ0v) is 11.6. The van der Waals surface area contributed by atoms with Gasteiger partial charge in [0.05, 0.1) is 0 Å². The lowest BCUT2D eigenvalue weighted by molar-refractivity contribution is 0.174. The zero-order chi connectivity index (χ0) is 12.4. The Morgan fingerprint density at radius 1 is 1.06 bits per heavy atom. The van der Waals surface area contributed by atoms with E-state index in [4.69, 9.17) is 12.2 Å². The van der Waals surface area contributed by atoms with Crippen molar-refractivity contribution in [2.24, 2.45) is 11.8 Å². The molecule has 0 spiro atoms. The van der Waals surface area contributed by atoms with E-state index in [1.54, 1.807) is 5.57 Å². The predicted molar refractivity (Wildman–Crippen MR) is 81.7 cm³/mol. The second-order valence-corrected chi connectivity index (χ2v) is 6.27. The van der Waals surface area contributed by atoms with Gasteiger partial charge in [-0.05, 0) is 50.0 Å². The quantitative estimate of drug-likeness (QED) is 0.642. The van der Waals surface area contributed by atoms with Crippen molar-refractivity contribution in [1.82, 2.24) is 0 Å². The summed E-state index contributed by atoms with van der Waals surface area (Å²) in [7, 11) is 0. The maximum absolute atomic E-state index is 5.19. The Morgan fingerprint density at radius 2 is 1.89 bits per heavy atom. The van der Waals surface area contributed by atoms with Gasteiger partial charge < -0.3 is 0 Å². The van der Waals surface area contributed by atoms with Crippen LogP contribution in [-0.4, -0.2) is 4.86 Å². The van der Waals surface area contributed by atoms with Crippen LogP contribution in [0.4, 0.5) is 0 Å². The van der Waals surface area contributed by atoms with E-state index in [0.717, 1.165) is 23.1 Å². The van der Waals surface area contributed by atoms with Crippen LogP contribution in [0.2, 0.25) is 0 Å². The fourth-order valence-corrected chi connectivity index (χ4v) is 3.33. The molecular weight excluding hydrogens is 236 g/mol. The van der Waals surface area contributed by atoms with Crippen molar-refractivity contribution in [1.29, 1.82) is 0 Å². The maximum atomic E-state index is 5.19. The van der Waals surface area contributed by atoms with E-state index in [2.05, 4.69) is 36.5 Å². The zero-order valence-electron chi connectivity index (χ0n) is 10.8. The molecule has 0 aromatic carbocycles. The summed E-state index contributed by atoms with van der Waals surface area (Å²) < 4.78 is 0. The topological polar surface area (TPSA) is 0 Å². The second kappa shape index (κ2) is 5.36. The number of thiocarbonyl (C=S) groups is 1. The van der Waals surface area contributed by atoms with Crippen molar-refractivity contribution in [3.63, 3.8) is 0 Å². The van der Waals surface area contributed by atoms with Crippen molar-refractivity contribution in [3.8, 4) is 0 Å². The molecular formula is C17H20S. The lowest BCUT2D eigenvalue weighted by Crippen LogP contribution is -2.26. The molecule has 3 aliphatic rings. The fraction of sp³-hybridized carbons (Fsp3) is 0.471. The average molecular weight is 256 g/mol. The first-order chi connectivity index (χ1) is 8.81. The maximum Gasteiger partial charge on any atom is 0.0190 e. The van der Waals surface area contributed by atoms with E-state index in [1.807, 2.05) is 0 Å². The third-order valence-corrected chi connectivity index (χ3v) is 4.80. The molecule has 0 radical (unpaired) electrons. The Hall–Kier alpha value is -0.950. The molecule has 0 heterocycles. The molecule has 3 aliphatic carbocycles. The molecule has 0 aliphatic heterocycles. The van der Waals surface area contributed by atoms with Gasteiger partial charge in [-0.15, -0.1) is 0 Å². The van der Waals surface area contributed by atoms with Crippen LogP contribution in [0.25, 0.3) is 0 Å². The molecule has 94 valence electrons. The minimum absolute atomic E-state index is 0.911. The highest BCUT2D eigenvalue weighted by Gasteiger charge is 2.31. The third-order valence-electron chi connectivity index (χ3n) is 4.49. The molecule has 0 N–H and O–H groups in total.